The van der Waals surface area contributed by atoms with Gasteiger partial charge in [0.2, 0.25) is 0 Å². The Labute approximate surface area is 92.3 Å². The first-order valence-electron chi connectivity index (χ1n) is 4.96. The first-order valence-corrected chi connectivity index (χ1v) is 5.75. The second-order valence-corrected chi connectivity index (χ2v) is 4.83. The fourth-order valence-electron chi connectivity index (χ4n) is 2.10. The van der Waals surface area contributed by atoms with Crippen LogP contribution in [-0.2, 0) is 0 Å². The highest BCUT2D eigenvalue weighted by atomic mass is 79.9. The Morgan fingerprint density at radius 3 is 2.86 bits per heavy atom. The van der Waals surface area contributed by atoms with Crippen LogP contribution in [0.3, 0.4) is 0 Å². The number of rotatable bonds is 1. The van der Waals surface area contributed by atoms with Gasteiger partial charge in [0.05, 0.1) is 4.47 Å². The Hall–Kier alpha value is -0.640. The van der Waals surface area contributed by atoms with Crippen LogP contribution in [0.4, 0.5) is 5.82 Å². The molecule has 1 saturated carbocycles. The van der Waals surface area contributed by atoms with Gasteiger partial charge in [-0.25, -0.2) is 9.97 Å². The van der Waals surface area contributed by atoms with Crippen molar-refractivity contribution in [2.45, 2.75) is 32.1 Å². The molecule has 2 N–H and O–H groups in total. The number of anilines is 1. The van der Waals surface area contributed by atoms with Crippen molar-refractivity contribution in [1.82, 2.24) is 9.97 Å². The third-order valence-electron chi connectivity index (χ3n) is 2.98. The highest BCUT2D eigenvalue weighted by molar-refractivity contribution is 9.10. The molecule has 1 aromatic heterocycles. The van der Waals surface area contributed by atoms with E-state index >= 15 is 0 Å². The lowest BCUT2D eigenvalue weighted by Gasteiger charge is -2.13. The van der Waals surface area contributed by atoms with Crippen LogP contribution in [0.15, 0.2) is 10.7 Å². The lowest BCUT2D eigenvalue weighted by Crippen LogP contribution is -2.08. The van der Waals surface area contributed by atoms with E-state index in [1.807, 2.05) is 0 Å². The molecule has 0 aliphatic heterocycles. The van der Waals surface area contributed by atoms with Crippen LogP contribution in [0.5, 0.6) is 0 Å². The van der Waals surface area contributed by atoms with Gasteiger partial charge in [-0.15, -0.1) is 0 Å². The minimum absolute atomic E-state index is 0.505. The third kappa shape index (κ3) is 1.75. The molecule has 1 heterocycles. The maximum atomic E-state index is 5.74. The van der Waals surface area contributed by atoms with Crippen LogP contribution >= 0.6 is 15.9 Å². The van der Waals surface area contributed by atoms with E-state index in [2.05, 4.69) is 32.8 Å². The van der Waals surface area contributed by atoms with Crippen LogP contribution in [0.2, 0.25) is 0 Å². The Balaban J connectivity index is 2.28. The molecule has 0 amide bonds. The van der Waals surface area contributed by atoms with Gasteiger partial charge in [-0.2, -0.15) is 0 Å². The topological polar surface area (TPSA) is 51.8 Å². The van der Waals surface area contributed by atoms with Gasteiger partial charge in [0.1, 0.15) is 11.6 Å². The molecule has 1 fully saturated rings. The average molecular weight is 256 g/mol. The summed E-state index contributed by atoms with van der Waals surface area (Å²) in [6.45, 7) is 2.26. The van der Waals surface area contributed by atoms with Crippen molar-refractivity contribution in [2.75, 3.05) is 5.73 Å². The molecule has 1 aliphatic rings. The smallest absolute Gasteiger partial charge is 0.141 e. The molecule has 2 unspecified atom stereocenters. The number of nitrogens with zero attached hydrogens (tertiary/aromatic N) is 2. The van der Waals surface area contributed by atoms with E-state index in [1.54, 1.807) is 6.20 Å². The van der Waals surface area contributed by atoms with Gasteiger partial charge in [0, 0.05) is 12.1 Å². The van der Waals surface area contributed by atoms with Gasteiger partial charge in [0.15, 0.2) is 0 Å². The van der Waals surface area contributed by atoms with Gasteiger partial charge in [-0.3, -0.25) is 0 Å². The van der Waals surface area contributed by atoms with Crippen LogP contribution in [0.25, 0.3) is 0 Å². The maximum absolute atomic E-state index is 5.74. The number of halogens is 1. The zero-order valence-corrected chi connectivity index (χ0v) is 9.79. The van der Waals surface area contributed by atoms with Crippen molar-refractivity contribution in [1.29, 1.82) is 0 Å². The Morgan fingerprint density at radius 2 is 2.29 bits per heavy atom. The maximum Gasteiger partial charge on any atom is 0.141 e. The molecule has 1 aromatic rings. The summed E-state index contributed by atoms with van der Waals surface area (Å²) in [6, 6.07) is 0. The lowest BCUT2D eigenvalue weighted by atomic mass is 9.97. The second-order valence-electron chi connectivity index (χ2n) is 3.98. The molecule has 4 heteroatoms. The lowest BCUT2D eigenvalue weighted by molar-refractivity contribution is 0.510. The number of hydrogen-bond acceptors (Lipinski definition) is 3. The molecule has 76 valence electrons. The van der Waals surface area contributed by atoms with E-state index in [9.17, 15) is 0 Å². The van der Waals surface area contributed by atoms with E-state index < -0.39 is 0 Å². The zero-order valence-electron chi connectivity index (χ0n) is 8.20. The molecule has 2 atom stereocenters. The second kappa shape index (κ2) is 3.85. The number of nitrogens with two attached hydrogens (primary N) is 1. The standard InChI is InChI=1S/C10H14BrN3/c1-6-3-2-4-7(6)10-13-5-8(11)9(12)14-10/h5-7H,2-4H2,1H3,(H2,12,13,14). The van der Waals surface area contributed by atoms with Crippen LogP contribution in [0.1, 0.15) is 37.9 Å². The van der Waals surface area contributed by atoms with Gasteiger partial charge in [-0.1, -0.05) is 13.3 Å². The van der Waals surface area contributed by atoms with E-state index in [0.717, 1.165) is 10.3 Å². The number of hydrogen-bond donors (Lipinski definition) is 1. The molecule has 0 spiro atoms. The Kier molecular flexibility index (Phi) is 2.72. The zero-order chi connectivity index (χ0) is 10.1. The minimum atomic E-state index is 0.505. The Morgan fingerprint density at radius 1 is 1.50 bits per heavy atom. The van der Waals surface area contributed by atoms with Crippen molar-refractivity contribution in [3.8, 4) is 0 Å². The van der Waals surface area contributed by atoms with Gasteiger partial charge < -0.3 is 5.73 Å². The molecule has 0 aromatic carbocycles. The van der Waals surface area contributed by atoms with Crippen LogP contribution < -0.4 is 5.73 Å². The summed E-state index contributed by atoms with van der Waals surface area (Å²) >= 11 is 3.30. The Bertz CT molecular complexity index is 340. The fraction of sp³-hybridized carbons (Fsp3) is 0.600. The fourth-order valence-corrected chi connectivity index (χ4v) is 2.29. The first kappa shape index (κ1) is 9.90. The summed E-state index contributed by atoms with van der Waals surface area (Å²) in [5.74, 6) is 2.66. The summed E-state index contributed by atoms with van der Waals surface area (Å²) in [4.78, 5) is 8.66. The summed E-state index contributed by atoms with van der Waals surface area (Å²) in [5, 5.41) is 0. The van der Waals surface area contributed by atoms with E-state index in [1.165, 1.54) is 19.3 Å². The van der Waals surface area contributed by atoms with Crippen LogP contribution in [-0.4, -0.2) is 9.97 Å². The first-order chi connectivity index (χ1) is 6.68. The van der Waals surface area contributed by atoms with Crippen molar-refractivity contribution < 1.29 is 0 Å². The minimum Gasteiger partial charge on any atom is -0.383 e. The average Bonchev–Trinajstić information content (AvgIpc) is 2.57. The van der Waals surface area contributed by atoms with Crippen molar-refractivity contribution in [3.05, 3.63) is 16.5 Å². The molecule has 1 aliphatic carbocycles. The normalized spacial score (nSPS) is 26.7. The predicted molar refractivity (Wildman–Crippen MR) is 59.9 cm³/mol. The van der Waals surface area contributed by atoms with Gasteiger partial charge >= 0.3 is 0 Å². The molecular weight excluding hydrogens is 242 g/mol. The third-order valence-corrected chi connectivity index (χ3v) is 3.59. The van der Waals surface area contributed by atoms with Crippen molar-refractivity contribution in [2.24, 2.45) is 5.92 Å². The summed E-state index contributed by atoms with van der Waals surface area (Å²) in [5.41, 5.74) is 5.74. The SMILES string of the molecule is CC1CCCC1c1ncc(Br)c(N)n1. The largest absolute Gasteiger partial charge is 0.383 e. The summed E-state index contributed by atoms with van der Waals surface area (Å²) in [6.07, 6.45) is 5.51. The van der Waals surface area contributed by atoms with Gasteiger partial charge in [-0.05, 0) is 34.7 Å². The molecule has 14 heavy (non-hydrogen) atoms. The number of aromatic nitrogens is 2. The van der Waals surface area contributed by atoms with E-state index in [-0.39, 0.29) is 0 Å². The molecule has 0 bridgehead atoms. The molecule has 2 rings (SSSR count). The molecular formula is C10H14BrN3. The van der Waals surface area contributed by atoms with Gasteiger partial charge in [0.25, 0.3) is 0 Å². The molecule has 0 saturated heterocycles. The highest BCUT2D eigenvalue weighted by Gasteiger charge is 2.27. The van der Waals surface area contributed by atoms with Crippen LogP contribution in [0, 0.1) is 5.92 Å². The van der Waals surface area contributed by atoms with E-state index in [4.69, 9.17) is 5.73 Å². The monoisotopic (exact) mass is 255 g/mol. The van der Waals surface area contributed by atoms with Crippen molar-refractivity contribution >= 4 is 21.7 Å². The molecule has 0 radical (unpaired) electrons. The van der Waals surface area contributed by atoms with Crippen molar-refractivity contribution in [3.63, 3.8) is 0 Å². The summed E-state index contributed by atoms with van der Waals surface area (Å²) in [7, 11) is 0. The number of nitrogen functional groups attached to an aromatic ring is 1. The predicted octanol–water partition coefficient (Wildman–Crippen LogP) is 2.72. The molecule has 3 nitrogen and oxygen atoms in total. The highest BCUT2D eigenvalue weighted by Crippen LogP contribution is 2.38. The summed E-state index contributed by atoms with van der Waals surface area (Å²) < 4.78 is 0.784. The quantitative estimate of drug-likeness (QED) is 0.840. The van der Waals surface area contributed by atoms with E-state index in [0.29, 0.717) is 17.7 Å².